The van der Waals surface area contributed by atoms with Crippen LogP contribution in [0.15, 0.2) is 50.0 Å². The summed E-state index contributed by atoms with van der Waals surface area (Å²) in [6, 6.07) is 7.93. The molecule has 3 N–H and O–H groups in total. The number of anilines is 1. The zero-order chi connectivity index (χ0) is 22.7. The van der Waals surface area contributed by atoms with Crippen LogP contribution in [-0.4, -0.2) is 34.8 Å². The number of benzene rings is 1. The number of amides is 2. The van der Waals surface area contributed by atoms with Gasteiger partial charge in [-0.1, -0.05) is 6.92 Å². The normalized spacial score (nSPS) is 18.7. The molecule has 0 radical (unpaired) electrons. The van der Waals surface area contributed by atoms with E-state index in [1.54, 1.807) is 36.0 Å². The predicted octanol–water partition coefficient (Wildman–Crippen LogP) is 3.73. The Morgan fingerprint density at radius 1 is 1.28 bits per heavy atom. The van der Waals surface area contributed by atoms with Crippen LogP contribution in [0.25, 0.3) is 17.2 Å². The number of aromatic nitrogens is 1. The summed E-state index contributed by atoms with van der Waals surface area (Å²) in [5.74, 6) is 2.11. The van der Waals surface area contributed by atoms with E-state index in [1.807, 2.05) is 18.4 Å². The fourth-order valence-electron chi connectivity index (χ4n) is 3.52. The Bertz CT molecular complexity index is 1210. The molecule has 3 unspecified atom stereocenters. The lowest BCUT2D eigenvalue weighted by molar-refractivity contribution is -0.123. The Balaban J connectivity index is 1.38. The fraction of sp³-hybridized carbons (Fsp3) is 0.348. The van der Waals surface area contributed by atoms with E-state index in [0.29, 0.717) is 46.6 Å². The lowest BCUT2D eigenvalue weighted by atomic mass is 10.2. The molecule has 1 aromatic carbocycles. The third kappa shape index (κ3) is 5.34. The van der Waals surface area contributed by atoms with E-state index in [4.69, 9.17) is 8.83 Å². The van der Waals surface area contributed by atoms with Crippen LogP contribution >= 0.6 is 11.8 Å². The van der Waals surface area contributed by atoms with Crippen LogP contribution in [0.2, 0.25) is 0 Å². The van der Waals surface area contributed by atoms with Gasteiger partial charge in [0.1, 0.15) is 17.6 Å². The van der Waals surface area contributed by atoms with Crippen molar-refractivity contribution in [3.63, 3.8) is 0 Å². The van der Waals surface area contributed by atoms with Gasteiger partial charge < -0.3 is 19.5 Å². The minimum Gasteiger partial charge on any atom is -0.461 e. The first-order chi connectivity index (χ1) is 15.4. The number of fused-ring (bicyclic) bond motifs is 1. The number of carbonyl (C=O) groups is 2. The number of aromatic amines is 1. The molecule has 1 aliphatic rings. The molecule has 0 spiro atoms. The molecular weight excluding hydrogens is 430 g/mol. The Morgan fingerprint density at radius 2 is 2.09 bits per heavy atom. The van der Waals surface area contributed by atoms with Gasteiger partial charge in [0.05, 0.1) is 5.52 Å². The van der Waals surface area contributed by atoms with E-state index in [0.717, 1.165) is 12.2 Å². The quantitative estimate of drug-likeness (QED) is 0.423. The minimum absolute atomic E-state index is 0.339. The van der Waals surface area contributed by atoms with Crippen LogP contribution in [0.4, 0.5) is 5.69 Å². The molecule has 32 heavy (non-hydrogen) atoms. The summed E-state index contributed by atoms with van der Waals surface area (Å²) in [7, 11) is 0. The van der Waals surface area contributed by atoms with Gasteiger partial charge in [0, 0.05) is 17.7 Å². The largest absolute Gasteiger partial charge is 0.461 e. The van der Waals surface area contributed by atoms with Crippen LogP contribution in [0.5, 0.6) is 0 Å². The zero-order valence-electron chi connectivity index (χ0n) is 17.8. The highest BCUT2D eigenvalue weighted by Crippen LogP contribution is 2.47. The van der Waals surface area contributed by atoms with Gasteiger partial charge in [0.2, 0.25) is 11.8 Å². The average Bonchev–Trinajstić information content (AvgIpc) is 3.14. The lowest BCUT2D eigenvalue weighted by Crippen LogP contribution is -2.43. The van der Waals surface area contributed by atoms with Crippen LogP contribution in [0, 0.1) is 5.92 Å². The first-order valence-corrected chi connectivity index (χ1v) is 11.8. The smallest absolute Gasteiger partial charge is 0.417 e. The van der Waals surface area contributed by atoms with Gasteiger partial charge in [-0.15, -0.1) is 0 Å². The SMILES string of the molecule is CSCCC(NC(=O)/C=C/c1ccc(C2CC2C)o1)C(=O)Nc1ccc2oc(=O)[nH]c2c1. The lowest BCUT2D eigenvalue weighted by Gasteiger charge is -2.17. The number of rotatable bonds is 9. The van der Waals surface area contributed by atoms with E-state index in [1.165, 1.54) is 6.08 Å². The number of hydrogen-bond donors (Lipinski definition) is 3. The summed E-state index contributed by atoms with van der Waals surface area (Å²) in [5.41, 5.74) is 1.39. The van der Waals surface area contributed by atoms with Gasteiger partial charge in [-0.25, -0.2) is 4.79 Å². The topological polar surface area (TPSA) is 117 Å². The van der Waals surface area contributed by atoms with Gasteiger partial charge in [-0.2, -0.15) is 11.8 Å². The molecule has 1 saturated carbocycles. The molecule has 2 heterocycles. The maximum atomic E-state index is 12.8. The summed E-state index contributed by atoms with van der Waals surface area (Å²) in [5, 5.41) is 5.55. The van der Waals surface area contributed by atoms with Gasteiger partial charge in [-0.3, -0.25) is 14.6 Å². The number of oxazole rings is 1. The molecule has 168 valence electrons. The first-order valence-electron chi connectivity index (χ1n) is 10.4. The second-order valence-electron chi connectivity index (χ2n) is 7.95. The third-order valence-corrected chi connectivity index (χ3v) is 6.10. The summed E-state index contributed by atoms with van der Waals surface area (Å²) in [6.45, 7) is 2.18. The van der Waals surface area contributed by atoms with Crippen LogP contribution in [0.1, 0.15) is 37.2 Å². The number of thioether (sulfide) groups is 1. The summed E-state index contributed by atoms with van der Waals surface area (Å²) in [6.07, 6.45) is 6.53. The van der Waals surface area contributed by atoms with Crippen molar-refractivity contribution in [1.82, 2.24) is 10.3 Å². The van der Waals surface area contributed by atoms with Crippen molar-refractivity contribution >= 4 is 46.4 Å². The van der Waals surface area contributed by atoms with Crippen molar-refractivity contribution in [3.05, 3.63) is 58.5 Å². The van der Waals surface area contributed by atoms with Crippen molar-refractivity contribution in [2.45, 2.75) is 31.7 Å². The fourth-order valence-corrected chi connectivity index (χ4v) is 3.99. The molecule has 0 aliphatic heterocycles. The second-order valence-corrected chi connectivity index (χ2v) is 8.94. The Kier molecular flexibility index (Phi) is 6.55. The van der Waals surface area contributed by atoms with Gasteiger partial charge in [0.15, 0.2) is 5.58 Å². The van der Waals surface area contributed by atoms with Gasteiger partial charge in [0.25, 0.3) is 0 Å². The van der Waals surface area contributed by atoms with E-state index in [9.17, 15) is 14.4 Å². The molecule has 9 heteroatoms. The van der Waals surface area contributed by atoms with Gasteiger partial charge >= 0.3 is 5.76 Å². The number of H-pyrrole nitrogens is 1. The molecule has 2 aromatic heterocycles. The highest BCUT2D eigenvalue weighted by atomic mass is 32.2. The van der Waals surface area contributed by atoms with Crippen LogP contribution in [-0.2, 0) is 9.59 Å². The standard InChI is InChI=1S/C23H25N3O5S/c1-13-11-16(13)19-7-4-15(30-19)5-8-21(27)25-17(9-10-32-2)22(28)24-14-3-6-20-18(12-14)26-23(29)31-20/h3-8,12-13,16-17H,9-11H2,1-2H3,(H,24,28)(H,25,27)(H,26,29)/b8-5+. The number of hydrogen-bond acceptors (Lipinski definition) is 6. The Morgan fingerprint density at radius 3 is 2.84 bits per heavy atom. The molecule has 1 fully saturated rings. The van der Waals surface area contributed by atoms with Crippen LogP contribution in [0.3, 0.4) is 0 Å². The summed E-state index contributed by atoms with van der Waals surface area (Å²) >= 11 is 1.59. The Hall–Kier alpha value is -3.20. The van der Waals surface area contributed by atoms with Crippen LogP contribution < -0.4 is 16.4 Å². The second kappa shape index (κ2) is 9.52. The van der Waals surface area contributed by atoms with Crippen molar-refractivity contribution in [2.75, 3.05) is 17.3 Å². The molecule has 4 rings (SSSR count). The maximum absolute atomic E-state index is 12.8. The monoisotopic (exact) mass is 455 g/mol. The zero-order valence-corrected chi connectivity index (χ0v) is 18.7. The summed E-state index contributed by atoms with van der Waals surface area (Å²) < 4.78 is 10.7. The molecule has 2 amide bonds. The summed E-state index contributed by atoms with van der Waals surface area (Å²) in [4.78, 5) is 39.1. The molecule has 0 bridgehead atoms. The molecular formula is C23H25N3O5S. The van der Waals surface area contributed by atoms with E-state index in [2.05, 4.69) is 22.5 Å². The molecule has 0 saturated heterocycles. The van der Waals surface area contributed by atoms with E-state index < -0.39 is 11.8 Å². The number of nitrogens with one attached hydrogen (secondary N) is 3. The average molecular weight is 456 g/mol. The number of furan rings is 1. The predicted molar refractivity (Wildman–Crippen MR) is 125 cm³/mol. The highest BCUT2D eigenvalue weighted by molar-refractivity contribution is 7.98. The molecule has 8 nitrogen and oxygen atoms in total. The van der Waals surface area contributed by atoms with Gasteiger partial charge in [-0.05, 0) is 67.2 Å². The first kappa shape index (κ1) is 22.0. The van der Waals surface area contributed by atoms with E-state index in [-0.39, 0.29) is 11.8 Å². The van der Waals surface area contributed by atoms with Crippen molar-refractivity contribution in [3.8, 4) is 0 Å². The van der Waals surface area contributed by atoms with Crippen molar-refractivity contribution in [2.24, 2.45) is 5.92 Å². The minimum atomic E-state index is -0.710. The maximum Gasteiger partial charge on any atom is 0.417 e. The molecule has 3 aromatic rings. The van der Waals surface area contributed by atoms with Crippen molar-refractivity contribution in [1.29, 1.82) is 0 Å². The third-order valence-electron chi connectivity index (χ3n) is 5.45. The number of carbonyl (C=O) groups excluding carboxylic acids is 2. The molecule has 3 atom stereocenters. The van der Waals surface area contributed by atoms with E-state index >= 15 is 0 Å². The molecule has 1 aliphatic carbocycles. The highest BCUT2D eigenvalue weighted by Gasteiger charge is 2.36. The van der Waals surface area contributed by atoms with Crippen molar-refractivity contribution < 1.29 is 18.4 Å². The Labute approximate surface area is 188 Å².